The van der Waals surface area contributed by atoms with Gasteiger partial charge in [-0.1, -0.05) is 12.5 Å². The van der Waals surface area contributed by atoms with Gasteiger partial charge in [-0.15, -0.1) is 10.2 Å². The lowest BCUT2D eigenvalue weighted by Crippen LogP contribution is -2.26. The van der Waals surface area contributed by atoms with Crippen LogP contribution >= 0.6 is 0 Å². The Morgan fingerprint density at radius 1 is 1.17 bits per heavy atom. The van der Waals surface area contributed by atoms with E-state index in [1.165, 1.54) is 24.8 Å². The van der Waals surface area contributed by atoms with Crippen molar-refractivity contribution in [3.63, 3.8) is 0 Å². The molecule has 122 valence electrons. The first-order valence-corrected chi connectivity index (χ1v) is 8.41. The zero-order valence-corrected chi connectivity index (χ0v) is 13.9. The number of benzene rings is 1. The summed E-state index contributed by atoms with van der Waals surface area (Å²) >= 11 is 0. The Labute approximate surface area is 137 Å². The number of nitrogens with zero attached hydrogens (tertiary/aromatic N) is 3. The van der Waals surface area contributed by atoms with E-state index in [1.807, 2.05) is 32.0 Å². The monoisotopic (exact) mass is 312 g/mol. The number of amides is 1. The number of fused-ring (bicyclic) bond motifs is 1. The van der Waals surface area contributed by atoms with Crippen molar-refractivity contribution in [3.8, 4) is 0 Å². The van der Waals surface area contributed by atoms with Gasteiger partial charge >= 0.3 is 0 Å². The van der Waals surface area contributed by atoms with Gasteiger partial charge < -0.3 is 9.88 Å². The minimum Gasteiger partial charge on any atom is -0.352 e. The highest BCUT2D eigenvalue weighted by Crippen LogP contribution is 2.14. The van der Waals surface area contributed by atoms with Crippen LogP contribution in [0.3, 0.4) is 0 Å². The van der Waals surface area contributed by atoms with E-state index in [9.17, 15) is 4.79 Å². The standard InChI is InChI=1S/C18H24N4O/c1-13-7-8-15(12-14(13)2)18(23)19-10-9-17-21-20-16-6-4-3-5-11-22(16)17/h7-8,12H,3-6,9-11H2,1-2H3,(H,19,23). The molecule has 0 aliphatic carbocycles. The fourth-order valence-corrected chi connectivity index (χ4v) is 3.00. The van der Waals surface area contributed by atoms with E-state index in [1.54, 1.807) is 0 Å². The molecule has 0 atom stereocenters. The Kier molecular flexibility index (Phi) is 4.74. The van der Waals surface area contributed by atoms with E-state index in [0.29, 0.717) is 12.1 Å². The molecule has 0 bridgehead atoms. The Balaban J connectivity index is 1.58. The number of aromatic nitrogens is 3. The Morgan fingerprint density at radius 3 is 2.87 bits per heavy atom. The summed E-state index contributed by atoms with van der Waals surface area (Å²) in [5.74, 6) is 2.06. The lowest BCUT2D eigenvalue weighted by molar-refractivity contribution is 0.0954. The number of carbonyl (C=O) groups excluding carboxylic acids is 1. The zero-order chi connectivity index (χ0) is 16.2. The highest BCUT2D eigenvalue weighted by molar-refractivity contribution is 5.94. The van der Waals surface area contributed by atoms with Gasteiger partial charge in [-0.2, -0.15) is 0 Å². The third-order valence-corrected chi connectivity index (χ3v) is 4.59. The summed E-state index contributed by atoms with van der Waals surface area (Å²) in [5, 5.41) is 11.6. The first kappa shape index (κ1) is 15.7. The topological polar surface area (TPSA) is 59.8 Å². The third kappa shape index (κ3) is 3.60. The lowest BCUT2D eigenvalue weighted by Gasteiger charge is -2.09. The van der Waals surface area contributed by atoms with E-state index in [0.717, 1.165) is 36.6 Å². The first-order valence-electron chi connectivity index (χ1n) is 8.41. The Hall–Kier alpha value is -2.17. The minimum atomic E-state index is -0.0243. The molecule has 0 spiro atoms. The zero-order valence-electron chi connectivity index (χ0n) is 13.9. The van der Waals surface area contributed by atoms with Crippen LogP contribution in [0.4, 0.5) is 0 Å². The molecule has 23 heavy (non-hydrogen) atoms. The summed E-state index contributed by atoms with van der Waals surface area (Å²) in [6.45, 7) is 5.66. The summed E-state index contributed by atoms with van der Waals surface area (Å²) in [5.41, 5.74) is 3.06. The van der Waals surface area contributed by atoms with Crippen LogP contribution < -0.4 is 5.32 Å². The average molecular weight is 312 g/mol. The SMILES string of the molecule is Cc1ccc(C(=O)NCCc2nnc3n2CCCCC3)cc1C. The number of rotatable bonds is 4. The van der Waals surface area contributed by atoms with Crippen LogP contribution in [0.5, 0.6) is 0 Å². The molecule has 5 heteroatoms. The third-order valence-electron chi connectivity index (χ3n) is 4.59. The van der Waals surface area contributed by atoms with E-state index >= 15 is 0 Å². The second-order valence-electron chi connectivity index (χ2n) is 6.30. The maximum absolute atomic E-state index is 12.2. The van der Waals surface area contributed by atoms with Crippen molar-refractivity contribution in [2.75, 3.05) is 6.54 Å². The van der Waals surface area contributed by atoms with E-state index in [2.05, 4.69) is 20.1 Å². The number of carbonyl (C=O) groups is 1. The van der Waals surface area contributed by atoms with Crippen molar-refractivity contribution in [2.24, 2.45) is 0 Å². The van der Waals surface area contributed by atoms with Crippen molar-refractivity contribution in [3.05, 3.63) is 46.5 Å². The van der Waals surface area contributed by atoms with Crippen molar-refractivity contribution in [1.82, 2.24) is 20.1 Å². The normalized spacial score (nSPS) is 14.2. The molecule has 0 saturated carbocycles. The van der Waals surface area contributed by atoms with E-state index in [4.69, 9.17) is 0 Å². The van der Waals surface area contributed by atoms with Crippen LogP contribution in [0.1, 0.15) is 52.4 Å². The predicted molar refractivity (Wildman–Crippen MR) is 89.5 cm³/mol. The number of aryl methyl sites for hydroxylation is 3. The van der Waals surface area contributed by atoms with Crippen molar-refractivity contribution < 1.29 is 4.79 Å². The molecule has 3 rings (SSSR count). The van der Waals surface area contributed by atoms with Gasteiger partial charge in [0.15, 0.2) is 0 Å². The van der Waals surface area contributed by atoms with Crippen molar-refractivity contribution in [2.45, 2.75) is 52.5 Å². The molecular formula is C18H24N4O. The molecule has 0 saturated heterocycles. The van der Waals surface area contributed by atoms with Crippen LogP contribution in [-0.4, -0.2) is 27.2 Å². The van der Waals surface area contributed by atoms with Crippen LogP contribution in [0, 0.1) is 13.8 Å². The molecule has 1 aliphatic heterocycles. The van der Waals surface area contributed by atoms with Crippen LogP contribution in [-0.2, 0) is 19.4 Å². The predicted octanol–water partition coefficient (Wildman–Crippen LogP) is 2.59. The molecule has 0 radical (unpaired) electrons. The fraction of sp³-hybridized carbons (Fsp3) is 0.500. The maximum atomic E-state index is 12.2. The number of hydrogen-bond donors (Lipinski definition) is 1. The summed E-state index contributed by atoms with van der Waals surface area (Å²) in [6, 6.07) is 5.80. The highest BCUT2D eigenvalue weighted by atomic mass is 16.1. The molecule has 1 N–H and O–H groups in total. The fourth-order valence-electron chi connectivity index (χ4n) is 3.00. The molecule has 1 aromatic carbocycles. The maximum Gasteiger partial charge on any atom is 0.251 e. The molecule has 0 fully saturated rings. The van der Waals surface area contributed by atoms with Gasteiger partial charge in [0.1, 0.15) is 11.6 Å². The molecule has 2 heterocycles. The van der Waals surface area contributed by atoms with Crippen molar-refractivity contribution in [1.29, 1.82) is 0 Å². The number of hydrogen-bond acceptors (Lipinski definition) is 3. The van der Waals surface area contributed by atoms with Crippen LogP contribution in [0.2, 0.25) is 0 Å². The smallest absolute Gasteiger partial charge is 0.251 e. The Bertz CT molecular complexity index is 705. The van der Waals surface area contributed by atoms with E-state index in [-0.39, 0.29) is 5.91 Å². The quantitative estimate of drug-likeness (QED) is 0.944. The highest BCUT2D eigenvalue weighted by Gasteiger charge is 2.14. The van der Waals surface area contributed by atoms with Gasteiger partial charge in [0.2, 0.25) is 0 Å². The molecule has 2 aromatic rings. The second-order valence-corrected chi connectivity index (χ2v) is 6.30. The molecular weight excluding hydrogens is 288 g/mol. The Morgan fingerprint density at radius 2 is 2.04 bits per heavy atom. The minimum absolute atomic E-state index is 0.0243. The molecule has 1 aliphatic rings. The summed E-state index contributed by atoms with van der Waals surface area (Å²) < 4.78 is 2.23. The first-order chi connectivity index (χ1) is 11.1. The number of nitrogens with one attached hydrogen (secondary N) is 1. The lowest BCUT2D eigenvalue weighted by atomic mass is 10.1. The summed E-state index contributed by atoms with van der Waals surface area (Å²) in [4.78, 5) is 12.2. The summed E-state index contributed by atoms with van der Waals surface area (Å²) in [6.07, 6.45) is 5.38. The van der Waals surface area contributed by atoms with Gasteiger partial charge in [-0.25, -0.2) is 0 Å². The average Bonchev–Trinajstić information content (AvgIpc) is 2.77. The molecule has 1 aromatic heterocycles. The van der Waals surface area contributed by atoms with Gasteiger partial charge in [0.25, 0.3) is 5.91 Å². The van der Waals surface area contributed by atoms with Gasteiger partial charge in [-0.3, -0.25) is 4.79 Å². The van der Waals surface area contributed by atoms with Crippen LogP contribution in [0.25, 0.3) is 0 Å². The van der Waals surface area contributed by atoms with E-state index < -0.39 is 0 Å². The van der Waals surface area contributed by atoms with Gasteiger partial charge in [0.05, 0.1) is 0 Å². The molecule has 0 unspecified atom stereocenters. The van der Waals surface area contributed by atoms with Gasteiger partial charge in [0, 0.05) is 31.5 Å². The largest absolute Gasteiger partial charge is 0.352 e. The second kappa shape index (κ2) is 6.94. The van der Waals surface area contributed by atoms with Gasteiger partial charge in [-0.05, 0) is 49.9 Å². The molecule has 1 amide bonds. The van der Waals surface area contributed by atoms with Crippen LogP contribution in [0.15, 0.2) is 18.2 Å². The molecule has 5 nitrogen and oxygen atoms in total. The summed E-state index contributed by atoms with van der Waals surface area (Å²) in [7, 11) is 0. The van der Waals surface area contributed by atoms with Crippen molar-refractivity contribution >= 4 is 5.91 Å².